The number of carbonyl (C=O) groups excluding carboxylic acids is 3. The molecule has 0 N–H and O–H groups in total. The fraction of sp³-hybridized carbons (Fsp3) is 0.625. The largest absolute Gasteiger partial charge is 0.427 e. The number of hydrogen-bond acceptors (Lipinski definition) is 4. The minimum atomic E-state index is -0.273. The molecule has 4 atom stereocenters. The molecule has 1 saturated carbocycles. The molecular weight excluding hydrogens is 526 g/mol. The summed E-state index contributed by atoms with van der Waals surface area (Å²) in [6.45, 7) is 2.20. The Morgan fingerprint density at radius 2 is 1.42 bits per heavy atom. The highest BCUT2D eigenvalue weighted by molar-refractivity contribution is 9.12. The molecule has 1 aliphatic carbocycles. The summed E-state index contributed by atoms with van der Waals surface area (Å²) in [5.41, 5.74) is 0.536. The molecule has 0 bridgehead atoms. The molecule has 170 valence electrons. The lowest BCUT2D eigenvalue weighted by atomic mass is 9.81. The summed E-state index contributed by atoms with van der Waals surface area (Å²) in [7, 11) is 0. The van der Waals surface area contributed by atoms with E-state index < -0.39 is 0 Å². The van der Waals surface area contributed by atoms with Gasteiger partial charge >= 0.3 is 5.97 Å². The summed E-state index contributed by atoms with van der Waals surface area (Å²) < 4.78 is 5.41. The molecule has 31 heavy (non-hydrogen) atoms. The highest BCUT2D eigenvalue weighted by atomic mass is 79.9. The summed E-state index contributed by atoms with van der Waals surface area (Å²) >= 11 is 7.21. The molecule has 2 fully saturated rings. The number of rotatable bonds is 10. The van der Waals surface area contributed by atoms with E-state index in [0.717, 1.165) is 19.3 Å². The third-order valence-corrected chi connectivity index (χ3v) is 8.96. The molecule has 1 aromatic rings. The molecule has 2 aliphatic rings. The van der Waals surface area contributed by atoms with Gasteiger partial charge in [-0.15, -0.1) is 0 Å². The SMILES string of the molecule is CCCCCCCCCC(=O)Oc1ccc(N2C(=O)[C@H]3C[C@@H](Br)[C@H](Br)C[C@H]3C2=O)cc1. The van der Waals surface area contributed by atoms with Gasteiger partial charge < -0.3 is 4.74 Å². The van der Waals surface area contributed by atoms with E-state index >= 15 is 0 Å². The van der Waals surface area contributed by atoms with Crippen LogP contribution >= 0.6 is 31.9 Å². The first-order chi connectivity index (χ1) is 14.9. The maximum Gasteiger partial charge on any atom is 0.311 e. The lowest BCUT2D eigenvalue weighted by molar-refractivity contribution is -0.134. The van der Waals surface area contributed by atoms with E-state index in [0.29, 0.717) is 30.7 Å². The van der Waals surface area contributed by atoms with Crippen LogP contribution in [0, 0.1) is 11.8 Å². The number of nitrogens with zero attached hydrogens (tertiary/aromatic N) is 1. The third kappa shape index (κ3) is 6.19. The predicted molar refractivity (Wildman–Crippen MR) is 129 cm³/mol. The van der Waals surface area contributed by atoms with Crippen LogP contribution < -0.4 is 9.64 Å². The Bertz CT molecular complexity index is 754. The molecule has 0 radical (unpaired) electrons. The standard InChI is InChI=1S/C24H31Br2NO4/c1-2-3-4-5-6-7-8-9-22(28)31-17-12-10-16(11-13-17)27-23(29)18-14-20(25)21(26)15-19(18)24(27)30/h10-13,18-21H,2-9,14-15H2,1H3/t18-,19+,20-,21-/m1/s1. The molecule has 2 amide bonds. The number of amides is 2. The molecule has 1 aromatic carbocycles. The Labute approximate surface area is 201 Å². The summed E-state index contributed by atoms with van der Waals surface area (Å²) in [5, 5.41) is 0. The lowest BCUT2D eigenvalue weighted by Crippen LogP contribution is -2.34. The van der Waals surface area contributed by atoms with Crippen LogP contribution in [0.15, 0.2) is 24.3 Å². The van der Waals surface area contributed by atoms with Gasteiger partial charge in [-0.25, -0.2) is 0 Å². The van der Waals surface area contributed by atoms with Crippen LogP contribution in [0.3, 0.4) is 0 Å². The van der Waals surface area contributed by atoms with Crippen molar-refractivity contribution in [2.24, 2.45) is 11.8 Å². The lowest BCUT2D eigenvalue weighted by Gasteiger charge is -2.29. The third-order valence-electron chi connectivity index (χ3n) is 6.22. The quantitative estimate of drug-likeness (QED) is 0.114. The molecule has 3 rings (SSSR count). The van der Waals surface area contributed by atoms with E-state index in [1.165, 1.54) is 30.6 Å². The summed E-state index contributed by atoms with van der Waals surface area (Å²) in [6.07, 6.45) is 9.76. The highest BCUT2D eigenvalue weighted by Crippen LogP contribution is 2.44. The molecule has 7 heteroatoms. The van der Waals surface area contributed by atoms with Crippen molar-refractivity contribution in [3.8, 4) is 5.75 Å². The number of anilines is 1. The fourth-order valence-electron chi connectivity index (χ4n) is 4.42. The molecule has 1 heterocycles. The fourth-order valence-corrected chi connectivity index (χ4v) is 5.66. The summed E-state index contributed by atoms with van der Waals surface area (Å²) in [5.74, 6) is -0.623. The minimum Gasteiger partial charge on any atom is -0.427 e. The second-order valence-corrected chi connectivity index (χ2v) is 10.9. The predicted octanol–water partition coefficient (Wildman–Crippen LogP) is 6.16. The van der Waals surface area contributed by atoms with Gasteiger partial charge in [-0.1, -0.05) is 77.3 Å². The van der Waals surface area contributed by atoms with Crippen molar-refractivity contribution in [1.29, 1.82) is 0 Å². The zero-order chi connectivity index (χ0) is 22.4. The Balaban J connectivity index is 1.49. The number of halogens is 2. The average molecular weight is 557 g/mol. The van der Waals surface area contributed by atoms with Crippen LogP contribution in [0.25, 0.3) is 0 Å². The molecule has 0 spiro atoms. The zero-order valence-electron chi connectivity index (χ0n) is 18.0. The first kappa shape index (κ1) is 24.4. The summed E-state index contributed by atoms with van der Waals surface area (Å²) in [6, 6.07) is 6.67. The van der Waals surface area contributed by atoms with Gasteiger partial charge in [-0.05, 0) is 43.5 Å². The van der Waals surface area contributed by atoms with Crippen molar-refractivity contribution in [3.63, 3.8) is 0 Å². The number of esters is 1. The Hall–Kier alpha value is -1.21. The van der Waals surface area contributed by atoms with Crippen LogP contribution in [-0.4, -0.2) is 27.4 Å². The van der Waals surface area contributed by atoms with Gasteiger partial charge in [0, 0.05) is 16.1 Å². The van der Waals surface area contributed by atoms with Gasteiger partial charge in [0.05, 0.1) is 17.5 Å². The smallest absolute Gasteiger partial charge is 0.311 e. The number of ether oxygens (including phenoxy) is 1. The Morgan fingerprint density at radius 1 is 0.903 bits per heavy atom. The van der Waals surface area contributed by atoms with Gasteiger partial charge in [0.15, 0.2) is 0 Å². The van der Waals surface area contributed by atoms with Gasteiger partial charge in [0.2, 0.25) is 11.8 Å². The molecule has 0 aromatic heterocycles. The highest BCUT2D eigenvalue weighted by Gasteiger charge is 2.52. The normalized spacial score (nSPS) is 25.6. The number of imide groups is 1. The van der Waals surface area contributed by atoms with Crippen molar-refractivity contribution < 1.29 is 19.1 Å². The number of unbranched alkanes of at least 4 members (excludes halogenated alkanes) is 6. The molecule has 1 aliphatic heterocycles. The number of hydrogen-bond donors (Lipinski definition) is 0. The first-order valence-corrected chi connectivity index (χ1v) is 13.2. The van der Waals surface area contributed by atoms with Gasteiger partial charge in [-0.3, -0.25) is 19.3 Å². The van der Waals surface area contributed by atoms with E-state index in [9.17, 15) is 14.4 Å². The first-order valence-electron chi connectivity index (χ1n) is 11.4. The van der Waals surface area contributed by atoms with Gasteiger partial charge in [0.1, 0.15) is 5.75 Å². The van der Waals surface area contributed by atoms with E-state index in [1.54, 1.807) is 24.3 Å². The summed E-state index contributed by atoms with van der Waals surface area (Å²) in [4.78, 5) is 39.5. The topological polar surface area (TPSA) is 63.7 Å². The molecule has 5 nitrogen and oxygen atoms in total. The monoisotopic (exact) mass is 555 g/mol. The van der Waals surface area contributed by atoms with Crippen LogP contribution in [0.2, 0.25) is 0 Å². The van der Waals surface area contributed by atoms with Gasteiger partial charge in [0.25, 0.3) is 0 Å². The molecule has 0 unspecified atom stereocenters. The average Bonchev–Trinajstić information content (AvgIpc) is 2.98. The van der Waals surface area contributed by atoms with E-state index in [4.69, 9.17) is 4.74 Å². The zero-order valence-corrected chi connectivity index (χ0v) is 21.2. The van der Waals surface area contributed by atoms with Crippen molar-refractivity contribution in [2.75, 3.05) is 4.90 Å². The van der Waals surface area contributed by atoms with Crippen molar-refractivity contribution >= 4 is 55.3 Å². The second kappa shape index (κ2) is 11.6. The Kier molecular flexibility index (Phi) is 9.14. The van der Waals surface area contributed by atoms with E-state index in [2.05, 4.69) is 38.8 Å². The van der Waals surface area contributed by atoms with Crippen molar-refractivity contribution in [3.05, 3.63) is 24.3 Å². The van der Waals surface area contributed by atoms with E-state index in [-0.39, 0.29) is 39.3 Å². The van der Waals surface area contributed by atoms with Crippen LogP contribution in [0.1, 0.15) is 71.1 Å². The maximum absolute atomic E-state index is 12.9. The molecular formula is C24H31Br2NO4. The van der Waals surface area contributed by atoms with Crippen LogP contribution in [0.5, 0.6) is 5.75 Å². The van der Waals surface area contributed by atoms with Crippen LogP contribution in [0.4, 0.5) is 5.69 Å². The van der Waals surface area contributed by atoms with Crippen molar-refractivity contribution in [1.82, 2.24) is 0 Å². The Morgan fingerprint density at radius 3 is 1.97 bits per heavy atom. The van der Waals surface area contributed by atoms with Crippen LogP contribution in [-0.2, 0) is 14.4 Å². The minimum absolute atomic E-state index is 0.137. The van der Waals surface area contributed by atoms with Crippen molar-refractivity contribution in [2.45, 2.75) is 80.8 Å². The maximum atomic E-state index is 12.9. The number of fused-ring (bicyclic) bond motifs is 1. The number of benzene rings is 1. The second-order valence-electron chi connectivity index (χ2n) is 8.57. The number of alkyl halides is 2. The van der Waals surface area contributed by atoms with E-state index in [1.807, 2.05) is 0 Å². The number of carbonyl (C=O) groups is 3. The van der Waals surface area contributed by atoms with Gasteiger partial charge in [-0.2, -0.15) is 0 Å². The molecule has 1 saturated heterocycles.